The molecule has 1 fully saturated rings. The van der Waals surface area contributed by atoms with Gasteiger partial charge in [-0.1, -0.05) is 0 Å². The molecule has 27 heavy (non-hydrogen) atoms. The van der Waals surface area contributed by atoms with Crippen LogP contribution >= 0.6 is 0 Å². The second kappa shape index (κ2) is 7.98. The number of amides is 1. The first-order chi connectivity index (χ1) is 13.2. The highest BCUT2D eigenvalue weighted by Gasteiger charge is 2.20. The Morgan fingerprint density at radius 1 is 1.11 bits per heavy atom. The molecule has 2 aromatic rings. The Balaban J connectivity index is 1.20. The van der Waals surface area contributed by atoms with Crippen LogP contribution in [0.5, 0.6) is 11.5 Å². The number of aryl methyl sites for hydroxylation is 1. The van der Waals surface area contributed by atoms with Crippen LogP contribution in [0, 0.1) is 6.92 Å². The summed E-state index contributed by atoms with van der Waals surface area (Å²) in [5.74, 6) is 2.44. The van der Waals surface area contributed by atoms with Gasteiger partial charge in [0.1, 0.15) is 5.82 Å². The maximum Gasteiger partial charge on any atom is 0.238 e. The average molecular weight is 371 g/mol. The molecule has 0 aliphatic carbocycles. The largest absolute Gasteiger partial charge is 0.454 e. The second-order valence-corrected chi connectivity index (χ2v) is 6.90. The van der Waals surface area contributed by atoms with E-state index >= 15 is 0 Å². The lowest BCUT2D eigenvalue weighted by Gasteiger charge is -2.34. The second-order valence-electron chi connectivity index (χ2n) is 6.90. The molecule has 1 saturated heterocycles. The van der Waals surface area contributed by atoms with Gasteiger partial charge in [0, 0.05) is 63.4 Å². The van der Waals surface area contributed by atoms with Crippen LogP contribution in [0.4, 0.5) is 5.69 Å². The first kappa shape index (κ1) is 17.8. The Labute approximate surface area is 158 Å². The van der Waals surface area contributed by atoms with Gasteiger partial charge in [0.2, 0.25) is 12.7 Å². The van der Waals surface area contributed by atoms with Crippen LogP contribution in [0.15, 0.2) is 30.6 Å². The number of fused-ring (bicyclic) bond motifs is 1. The molecule has 144 valence electrons. The number of hydrogen-bond acceptors (Lipinski definition) is 6. The monoisotopic (exact) mass is 371 g/mol. The van der Waals surface area contributed by atoms with Crippen LogP contribution in [-0.4, -0.2) is 71.3 Å². The Morgan fingerprint density at radius 2 is 1.89 bits per heavy atom. The molecule has 2 aliphatic rings. The minimum atomic E-state index is -0.00337. The Hall–Kier alpha value is -2.58. The highest BCUT2D eigenvalue weighted by molar-refractivity contribution is 5.92. The lowest BCUT2D eigenvalue weighted by Crippen LogP contribution is -2.49. The molecular formula is C19H25N5O3. The summed E-state index contributed by atoms with van der Waals surface area (Å²) in [5, 5.41) is 2.94. The van der Waals surface area contributed by atoms with E-state index in [2.05, 4.69) is 24.7 Å². The number of anilines is 1. The highest BCUT2D eigenvalue weighted by atomic mass is 16.7. The summed E-state index contributed by atoms with van der Waals surface area (Å²) in [7, 11) is 0. The maximum absolute atomic E-state index is 12.3. The summed E-state index contributed by atoms with van der Waals surface area (Å²) >= 11 is 0. The van der Waals surface area contributed by atoms with E-state index in [1.165, 1.54) is 0 Å². The van der Waals surface area contributed by atoms with Crippen molar-refractivity contribution < 1.29 is 14.3 Å². The SMILES string of the molecule is Cc1nccn1CCN1CCN(CC(=O)Nc2ccc3c(c2)OCO3)CC1. The first-order valence-corrected chi connectivity index (χ1v) is 9.29. The van der Waals surface area contributed by atoms with Gasteiger partial charge >= 0.3 is 0 Å². The number of piperazine rings is 1. The van der Waals surface area contributed by atoms with E-state index in [1.807, 2.05) is 31.5 Å². The summed E-state index contributed by atoms with van der Waals surface area (Å²) in [5.41, 5.74) is 0.735. The number of ether oxygens (including phenoxy) is 2. The van der Waals surface area contributed by atoms with Crippen molar-refractivity contribution in [3.8, 4) is 11.5 Å². The van der Waals surface area contributed by atoms with Gasteiger partial charge in [-0.15, -0.1) is 0 Å². The number of carbonyl (C=O) groups excluding carboxylic acids is 1. The summed E-state index contributed by atoms with van der Waals surface area (Å²) in [6, 6.07) is 5.45. The zero-order valence-electron chi connectivity index (χ0n) is 15.6. The smallest absolute Gasteiger partial charge is 0.238 e. The van der Waals surface area contributed by atoms with Crippen molar-refractivity contribution in [2.24, 2.45) is 0 Å². The zero-order chi connectivity index (χ0) is 18.6. The Morgan fingerprint density at radius 3 is 2.67 bits per heavy atom. The fourth-order valence-electron chi connectivity index (χ4n) is 3.44. The molecule has 8 nitrogen and oxygen atoms in total. The number of nitrogens with one attached hydrogen (secondary N) is 1. The van der Waals surface area contributed by atoms with Crippen molar-refractivity contribution in [1.29, 1.82) is 0 Å². The predicted molar refractivity (Wildman–Crippen MR) is 101 cm³/mol. The molecule has 0 atom stereocenters. The third-order valence-electron chi connectivity index (χ3n) is 5.07. The van der Waals surface area contributed by atoms with Crippen molar-refractivity contribution in [2.45, 2.75) is 13.5 Å². The molecular weight excluding hydrogens is 346 g/mol. The fraction of sp³-hybridized carbons (Fsp3) is 0.474. The van der Waals surface area contributed by atoms with Crippen LogP contribution in [0.25, 0.3) is 0 Å². The number of nitrogens with zero attached hydrogens (tertiary/aromatic N) is 4. The van der Waals surface area contributed by atoms with Gasteiger partial charge < -0.3 is 19.4 Å². The Bertz CT molecular complexity index is 798. The van der Waals surface area contributed by atoms with Crippen LogP contribution in [0.2, 0.25) is 0 Å². The van der Waals surface area contributed by atoms with E-state index in [0.29, 0.717) is 12.3 Å². The van der Waals surface area contributed by atoms with Gasteiger partial charge in [0.15, 0.2) is 11.5 Å². The summed E-state index contributed by atoms with van der Waals surface area (Å²) in [4.78, 5) is 21.2. The van der Waals surface area contributed by atoms with Crippen LogP contribution in [0.1, 0.15) is 5.82 Å². The van der Waals surface area contributed by atoms with Crippen molar-refractivity contribution in [3.05, 3.63) is 36.4 Å². The number of benzene rings is 1. The van der Waals surface area contributed by atoms with Crippen molar-refractivity contribution in [2.75, 3.05) is 51.4 Å². The van der Waals surface area contributed by atoms with E-state index in [1.54, 1.807) is 6.07 Å². The van der Waals surface area contributed by atoms with Gasteiger partial charge in [0.25, 0.3) is 0 Å². The predicted octanol–water partition coefficient (Wildman–Crippen LogP) is 1.18. The molecule has 0 unspecified atom stereocenters. The minimum Gasteiger partial charge on any atom is -0.454 e. The van der Waals surface area contributed by atoms with E-state index < -0.39 is 0 Å². The topological polar surface area (TPSA) is 71.9 Å². The van der Waals surface area contributed by atoms with Crippen LogP contribution in [-0.2, 0) is 11.3 Å². The quantitative estimate of drug-likeness (QED) is 0.822. The molecule has 3 heterocycles. The molecule has 1 aromatic carbocycles. The van der Waals surface area contributed by atoms with E-state index in [-0.39, 0.29) is 12.7 Å². The van der Waals surface area contributed by atoms with Gasteiger partial charge in [-0.2, -0.15) is 0 Å². The van der Waals surface area contributed by atoms with Crippen LogP contribution < -0.4 is 14.8 Å². The number of imidazole rings is 1. The molecule has 1 amide bonds. The van der Waals surface area contributed by atoms with E-state index in [9.17, 15) is 4.79 Å². The number of carbonyl (C=O) groups is 1. The standard InChI is InChI=1S/C19H25N5O3/c1-15-20-4-5-24(15)11-10-22-6-8-23(9-7-22)13-19(25)21-16-2-3-17-18(12-16)27-14-26-17/h2-5,12H,6-11,13-14H2,1H3,(H,21,25). The van der Waals surface area contributed by atoms with Crippen molar-refractivity contribution in [3.63, 3.8) is 0 Å². The number of hydrogen-bond donors (Lipinski definition) is 1. The molecule has 0 bridgehead atoms. The van der Waals surface area contributed by atoms with Crippen LogP contribution in [0.3, 0.4) is 0 Å². The number of rotatable bonds is 6. The normalized spacial score (nSPS) is 17.2. The summed E-state index contributed by atoms with van der Waals surface area (Å²) in [6.07, 6.45) is 3.86. The molecule has 0 spiro atoms. The van der Waals surface area contributed by atoms with Crippen molar-refractivity contribution in [1.82, 2.24) is 19.4 Å². The third kappa shape index (κ3) is 4.40. The average Bonchev–Trinajstić information content (AvgIpc) is 3.29. The van der Waals surface area contributed by atoms with Gasteiger partial charge in [-0.05, 0) is 19.1 Å². The zero-order valence-corrected chi connectivity index (χ0v) is 15.6. The molecule has 1 N–H and O–H groups in total. The van der Waals surface area contributed by atoms with Gasteiger partial charge in [0.05, 0.1) is 6.54 Å². The molecule has 0 radical (unpaired) electrons. The third-order valence-corrected chi connectivity index (χ3v) is 5.07. The lowest BCUT2D eigenvalue weighted by atomic mass is 10.2. The molecule has 1 aromatic heterocycles. The lowest BCUT2D eigenvalue weighted by molar-refractivity contribution is -0.117. The van der Waals surface area contributed by atoms with Gasteiger partial charge in [-0.25, -0.2) is 4.98 Å². The van der Waals surface area contributed by atoms with Gasteiger partial charge in [-0.3, -0.25) is 14.6 Å². The summed E-state index contributed by atoms with van der Waals surface area (Å²) < 4.78 is 12.8. The fourth-order valence-corrected chi connectivity index (χ4v) is 3.44. The molecule has 2 aliphatic heterocycles. The molecule has 4 rings (SSSR count). The highest BCUT2D eigenvalue weighted by Crippen LogP contribution is 2.34. The van der Waals surface area contributed by atoms with E-state index in [4.69, 9.17) is 9.47 Å². The van der Waals surface area contributed by atoms with Crippen molar-refractivity contribution >= 4 is 11.6 Å². The Kier molecular flexibility index (Phi) is 5.26. The molecule has 8 heteroatoms. The summed E-state index contributed by atoms with van der Waals surface area (Å²) in [6.45, 7) is 8.38. The first-order valence-electron chi connectivity index (χ1n) is 9.29. The molecule has 0 saturated carbocycles. The number of aromatic nitrogens is 2. The maximum atomic E-state index is 12.3. The minimum absolute atomic E-state index is 0.00337. The van der Waals surface area contributed by atoms with E-state index in [0.717, 1.165) is 56.5 Å².